The molecule has 9 nitrogen and oxygen atoms in total. The van der Waals surface area contributed by atoms with Gasteiger partial charge in [-0.1, -0.05) is 5.16 Å². The van der Waals surface area contributed by atoms with Crippen LogP contribution in [0.3, 0.4) is 0 Å². The molecular formula is C19H25FN6O3. The van der Waals surface area contributed by atoms with E-state index in [1.807, 2.05) is 11.8 Å². The van der Waals surface area contributed by atoms with Gasteiger partial charge in [0.1, 0.15) is 11.5 Å². The van der Waals surface area contributed by atoms with E-state index in [9.17, 15) is 14.0 Å². The molecule has 0 atom stereocenters. The Bertz CT molecular complexity index is 863. The summed E-state index contributed by atoms with van der Waals surface area (Å²) in [7, 11) is 1.48. The minimum absolute atomic E-state index is 0.0611. The number of anilines is 2. The number of hydrogen-bond donors (Lipinski definition) is 3. The molecule has 3 heterocycles. The molecular weight excluding hydrogens is 379 g/mol. The second-order valence-electron chi connectivity index (χ2n) is 6.88. The van der Waals surface area contributed by atoms with Crippen LogP contribution >= 0.6 is 0 Å². The Balaban J connectivity index is 1.53. The molecule has 10 heteroatoms. The molecule has 3 amide bonds. The first-order valence-electron chi connectivity index (χ1n) is 9.64. The number of piperidine rings is 1. The van der Waals surface area contributed by atoms with Crippen molar-refractivity contribution in [1.82, 2.24) is 20.8 Å². The summed E-state index contributed by atoms with van der Waals surface area (Å²) in [4.78, 5) is 28.8. The van der Waals surface area contributed by atoms with Gasteiger partial charge in [-0.25, -0.2) is 9.78 Å². The van der Waals surface area contributed by atoms with E-state index in [-0.39, 0.29) is 11.7 Å². The van der Waals surface area contributed by atoms with Crippen molar-refractivity contribution in [1.29, 1.82) is 0 Å². The van der Waals surface area contributed by atoms with Crippen molar-refractivity contribution in [2.45, 2.75) is 26.2 Å². The lowest BCUT2D eigenvalue weighted by atomic mass is 9.92. The first-order valence-corrected chi connectivity index (χ1v) is 9.64. The van der Waals surface area contributed by atoms with E-state index in [0.717, 1.165) is 12.8 Å². The zero-order valence-corrected chi connectivity index (χ0v) is 16.5. The molecule has 0 bridgehead atoms. The van der Waals surface area contributed by atoms with Crippen LogP contribution in [0.2, 0.25) is 0 Å². The van der Waals surface area contributed by atoms with Crippen LogP contribution < -0.4 is 20.9 Å². The van der Waals surface area contributed by atoms with Crippen LogP contribution in [0.25, 0.3) is 0 Å². The van der Waals surface area contributed by atoms with Crippen LogP contribution in [0.1, 0.15) is 36.0 Å². The van der Waals surface area contributed by atoms with E-state index < -0.39 is 11.9 Å². The lowest BCUT2D eigenvalue weighted by Gasteiger charge is -2.33. The van der Waals surface area contributed by atoms with E-state index in [4.69, 9.17) is 4.52 Å². The average molecular weight is 404 g/mol. The highest BCUT2D eigenvalue weighted by molar-refractivity contribution is 5.92. The number of carbonyl (C=O) groups excluding carboxylic acids is 2. The Morgan fingerprint density at radius 3 is 2.72 bits per heavy atom. The Hall–Kier alpha value is -3.17. The Kier molecular flexibility index (Phi) is 6.63. The maximum Gasteiger partial charge on any atom is 0.320 e. The molecule has 29 heavy (non-hydrogen) atoms. The minimum Gasteiger partial charge on any atom is -0.368 e. The third-order valence-electron chi connectivity index (χ3n) is 4.87. The fourth-order valence-electron chi connectivity index (χ4n) is 3.37. The monoisotopic (exact) mass is 404 g/mol. The van der Waals surface area contributed by atoms with E-state index >= 15 is 0 Å². The summed E-state index contributed by atoms with van der Waals surface area (Å²) in [6.07, 6.45) is 2.42. The van der Waals surface area contributed by atoms with Crippen molar-refractivity contribution >= 4 is 23.4 Å². The molecule has 0 unspecified atom stereocenters. The first-order chi connectivity index (χ1) is 14.0. The van der Waals surface area contributed by atoms with Crippen molar-refractivity contribution < 1.29 is 18.5 Å². The quantitative estimate of drug-likeness (QED) is 0.636. The number of carbonyl (C=O) groups is 2. The van der Waals surface area contributed by atoms with Gasteiger partial charge in [0.2, 0.25) is 5.95 Å². The molecule has 1 aliphatic rings. The normalized spacial score (nSPS) is 14.5. The summed E-state index contributed by atoms with van der Waals surface area (Å²) in [5, 5.41) is 11.5. The van der Waals surface area contributed by atoms with Gasteiger partial charge in [-0.15, -0.1) is 0 Å². The number of rotatable bonds is 6. The van der Waals surface area contributed by atoms with Gasteiger partial charge in [0.15, 0.2) is 5.82 Å². The van der Waals surface area contributed by atoms with Crippen LogP contribution in [0.4, 0.5) is 20.7 Å². The van der Waals surface area contributed by atoms with Crippen molar-refractivity contribution in [3.05, 3.63) is 35.6 Å². The molecule has 0 saturated carbocycles. The summed E-state index contributed by atoms with van der Waals surface area (Å²) in [5.74, 6) is 0.409. The molecule has 1 aliphatic heterocycles. The average Bonchev–Trinajstić information content (AvgIpc) is 3.14. The predicted octanol–water partition coefficient (Wildman–Crippen LogP) is 2.17. The molecule has 3 N–H and O–H groups in total. The van der Waals surface area contributed by atoms with Crippen LogP contribution in [-0.2, 0) is 6.42 Å². The lowest BCUT2D eigenvalue weighted by molar-refractivity contribution is 0.0957. The van der Waals surface area contributed by atoms with Crippen molar-refractivity contribution in [3.8, 4) is 0 Å². The summed E-state index contributed by atoms with van der Waals surface area (Å²) in [6, 6.07) is 4.53. The Labute approximate surface area is 168 Å². The van der Waals surface area contributed by atoms with E-state index in [1.165, 1.54) is 13.1 Å². The summed E-state index contributed by atoms with van der Waals surface area (Å²) in [5.41, 5.74) is 0.468. The SMILES string of the molecule is CCNC(=O)Nc1cc(CC2CCN(c3ccc(C(=O)NC)nc3F)CC2)on1. The summed E-state index contributed by atoms with van der Waals surface area (Å²) >= 11 is 0. The second kappa shape index (κ2) is 9.35. The van der Waals surface area contributed by atoms with Gasteiger partial charge >= 0.3 is 6.03 Å². The molecule has 0 radical (unpaired) electrons. The second-order valence-corrected chi connectivity index (χ2v) is 6.88. The summed E-state index contributed by atoms with van der Waals surface area (Å²) < 4.78 is 19.7. The third-order valence-corrected chi connectivity index (χ3v) is 4.87. The number of urea groups is 1. The number of amides is 3. The van der Waals surface area contributed by atoms with Crippen LogP contribution in [0.15, 0.2) is 22.7 Å². The van der Waals surface area contributed by atoms with Gasteiger partial charge in [0.25, 0.3) is 5.91 Å². The van der Waals surface area contributed by atoms with Gasteiger partial charge in [-0.2, -0.15) is 4.39 Å². The van der Waals surface area contributed by atoms with Gasteiger partial charge in [0.05, 0.1) is 5.69 Å². The maximum absolute atomic E-state index is 14.3. The van der Waals surface area contributed by atoms with E-state index in [1.54, 1.807) is 12.1 Å². The number of nitrogens with zero attached hydrogens (tertiary/aromatic N) is 3. The number of pyridine rings is 1. The van der Waals surface area contributed by atoms with E-state index in [0.29, 0.717) is 49.2 Å². The lowest BCUT2D eigenvalue weighted by Crippen LogP contribution is -2.35. The molecule has 0 aliphatic carbocycles. The molecule has 1 saturated heterocycles. The van der Waals surface area contributed by atoms with E-state index in [2.05, 4.69) is 26.1 Å². The van der Waals surface area contributed by atoms with Gasteiger partial charge in [-0.05, 0) is 37.8 Å². The number of halogens is 1. The number of nitrogens with one attached hydrogen (secondary N) is 3. The minimum atomic E-state index is -0.638. The topological polar surface area (TPSA) is 112 Å². The predicted molar refractivity (Wildman–Crippen MR) is 105 cm³/mol. The fraction of sp³-hybridized carbons (Fsp3) is 0.474. The third kappa shape index (κ3) is 5.21. The first kappa shape index (κ1) is 20.6. The van der Waals surface area contributed by atoms with Gasteiger partial charge in [-0.3, -0.25) is 10.1 Å². The molecule has 3 rings (SSSR count). The maximum atomic E-state index is 14.3. The highest BCUT2D eigenvalue weighted by Crippen LogP contribution is 2.27. The number of hydrogen-bond acceptors (Lipinski definition) is 6. The fourth-order valence-corrected chi connectivity index (χ4v) is 3.37. The van der Waals surface area contributed by atoms with Crippen LogP contribution in [-0.4, -0.2) is 48.8 Å². The molecule has 2 aromatic heterocycles. The molecule has 2 aromatic rings. The zero-order valence-electron chi connectivity index (χ0n) is 16.5. The Morgan fingerprint density at radius 1 is 1.31 bits per heavy atom. The zero-order chi connectivity index (χ0) is 20.8. The van der Waals surface area contributed by atoms with Crippen LogP contribution in [0, 0.1) is 11.9 Å². The van der Waals surface area contributed by atoms with Crippen molar-refractivity contribution in [2.75, 3.05) is 36.9 Å². The standard InChI is InChI=1S/C19H25FN6O3/c1-3-22-19(28)24-16-11-13(29-25-16)10-12-6-8-26(9-7-12)15-5-4-14(18(27)21-2)23-17(15)20/h4-5,11-12H,3,6-10H2,1-2H3,(H,21,27)(H2,22,24,25,28). The summed E-state index contributed by atoms with van der Waals surface area (Å²) in [6.45, 7) is 3.72. The smallest absolute Gasteiger partial charge is 0.320 e. The highest BCUT2D eigenvalue weighted by Gasteiger charge is 2.24. The largest absolute Gasteiger partial charge is 0.368 e. The molecule has 156 valence electrons. The molecule has 1 fully saturated rings. The van der Waals surface area contributed by atoms with Crippen molar-refractivity contribution in [2.24, 2.45) is 5.92 Å². The molecule has 0 aromatic carbocycles. The van der Waals surface area contributed by atoms with Gasteiger partial charge in [0, 0.05) is 39.2 Å². The van der Waals surface area contributed by atoms with Crippen LogP contribution in [0.5, 0.6) is 0 Å². The molecule has 0 spiro atoms. The van der Waals surface area contributed by atoms with Gasteiger partial charge < -0.3 is 20.1 Å². The van der Waals surface area contributed by atoms with Crippen molar-refractivity contribution in [3.63, 3.8) is 0 Å². The number of aromatic nitrogens is 2. The highest BCUT2D eigenvalue weighted by atomic mass is 19.1. The Morgan fingerprint density at radius 2 is 2.07 bits per heavy atom.